The molecule has 24 heavy (non-hydrogen) atoms. The van der Waals surface area contributed by atoms with Crippen LogP contribution in [0.3, 0.4) is 0 Å². The molecule has 5 heteroatoms. The lowest BCUT2D eigenvalue weighted by Crippen LogP contribution is -2.56. The minimum absolute atomic E-state index is 0.0343. The Labute approximate surface area is 142 Å². The molecule has 1 saturated carbocycles. The molecule has 130 valence electrons. The van der Waals surface area contributed by atoms with E-state index in [1.807, 2.05) is 18.2 Å². The number of rotatable bonds is 5. The van der Waals surface area contributed by atoms with Gasteiger partial charge in [-0.2, -0.15) is 0 Å². The van der Waals surface area contributed by atoms with Crippen LogP contribution in [-0.2, 0) is 27.2 Å². The molecule has 1 heterocycles. The molecule has 1 unspecified atom stereocenters. The molecular weight excluding hydrogens is 306 g/mol. The summed E-state index contributed by atoms with van der Waals surface area (Å²) in [5.74, 6) is -1.01. The number of aryl methyl sites for hydroxylation is 1. The molecule has 3 rings (SSSR count). The second-order valence-corrected chi connectivity index (χ2v) is 7.03. The summed E-state index contributed by atoms with van der Waals surface area (Å²) in [5.41, 5.74) is 1.95. The molecule has 1 aliphatic carbocycles. The highest BCUT2D eigenvalue weighted by Gasteiger charge is 2.51. The molecular formula is C19H25NO4. The van der Waals surface area contributed by atoms with Crippen molar-refractivity contribution in [3.63, 3.8) is 0 Å². The van der Waals surface area contributed by atoms with E-state index < -0.39 is 5.97 Å². The number of carbonyl (C=O) groups is 2. The number of aliphatic carboxylic acids is 1. The number of carbonyl (C=O) groups excluding carboxylic acids is 1. The van der Waals surface area contributed by atoms with Gasteiger partial charge in [-0.3, -0.25) is 9.59 Å². The van der Waals surface area contributed by atoms with Crippen LogP contribution in [0.5, 0.6) is 0 Å². The van der Waals surface area contributed by atoms with E-state index >= 15 is 0 Å². The van der Waals surface area contributed by atoms with E-state index in [1.54, 1.807) is 0 Å². The molecule has 2 N–H and O–H groups in total. The zero-order valence-corrected chi connectivity index (χ0v) is 14.1. The van der Waals surface area contributed by atoms with Crippen molar-refractivity contribution in [2.24, 2.45) is 5.92 Å². The number of hydrogen-bond acceptors (Lipinski definition) is 3. The lowest BCUT2D eigenvalue weighted by Gasteiger charge is -2.50. The van der Waals surface area contributed by atoms with Crippen LogP contribution < -0.4 is 5.32 Å². The summed E-state index contributed by atoms with van der Waals surface area (Å²) in [4.78, 5) is 23.4. The highest BCUT2D eigenvalue weighted by atomic mass is 16.5. The summed E-state index contributed by atoms with van der Waals surface area (Å²) in [7, 11) is 0. The zero-order chi connectivity index (χ0) is 17.2. The second-order valence-electron chi connectivity index (χ2n) is 7.03. The Balaban J connectivity index is 1.54. The van der Waals surface area contributed by atoms with Crippen LogP contribution in [0.4, 0.5) is 0 Å². The van der Waals surface area contributed by atoms with E-state index in [-0.39, 0.29) is 23.5 Å². The van der Waals surface area contributed by atoms with Crippen LogP contribution >= 0.6 is 0 Å². The van der Waals surface area contributed by atoms with Gasteiger partial charge < -0.3 is 15.2 Å². The van der Waals surface area contributed by atoms with E-state index in [9.17, 15) is 9.59 Å². The zero-order valence-electron chi connectivity index (χ0n) is 14.1. The van der Waals surface area contributed by atoms with E-state index in [0.29, 0.717) is 25.9 Å². The summed E-state index contributed by atoms with van der Waals surface area (Å²) in [6.07, 6.45) is 3.95. The lowest BCUT2D eigenvalue weighted by atomic mass is 9.66. The van der Waals surface area contributed by atoms with Crippen LogP contribution in [0, 0.1) is 5.92 Å². The van der Waals surface area contributed by atoms with Crippen molar-refractivity contribution in [1.82, 2.24) is 5.32 Å². The standard InChI is InChI=1S/C19H25NO4/c1-2-13-5-3-4-6-14(13)9-17(21)20-16-7-8-24-19(12-16)10-15(11-19)18(22)23/h3-6,15-16H,2,7-12H2,1H3,(H,20,21)(H,22,23). The summed E-state index contributed by atoms with van der Waals surface area (Å²) in [6.45, 7) is 2.68. The van der Waals surface area contributed by atoms with Crippen molar-refractivity contribution in [1.29, 1.82) is 0 Å². The van der Waals surface area contributed by atoms with Crippen molar-refractivity contribution >= 4 is 11.9 Å². The van der Waals surface area contributed by atoms with E-state index in [0.717, 1.165) is 24.8 Å². The van der Waals surface area contributed by atoms with Gasteiger partial charge in [0, 0.05) is 12.6 Å². The van der Waals surface area contributed by atoms with Crippen molar-refractivity contribution < 1.29 is 19.4 Å². The van der Waals surface area contributed by atoms with Crippen molar-refractivity contribution in [3.05, 3.63) is 35.4 Å². The predicted molar refractivity (Wildman–Crippen MR) is 89.7 cm³/mol. The van der Waals surface area contributed by atoms with Gasteiger partial charge in [-0.05, 0) is 43.2 Å². The van der Waals surface area contributed by atoms with Crippen LogP contribution in [0.15, 0.2) is 24.3 Å². The Bertz CT molecular complexity index is 622. The van der Waals surface area contributed by atoms with Crippen molar-refractivity contribution in [3.8, 4) is 0 Å². The molecule has 2 fully saturated rings. The molecule has 5 nitrogen and oxygen atoms in total. The average Bonchev–Trinajstić information content (AvgIpc) is 2.53. The maximum absolute atomic E-state index is 12.4. The normalized spacial score (nSPS) is 29.0. The number of nitrogens with one attached hydrogen (secondary N) is 1. The SMILES string of the molecule is CCc1ccccc1CC(=O)NC1CCOC2(C1)CC(C(=O)O)C2. The van der Waals surface area contributed by atoms with Gasteiger partial charge in [-0.15, -0.1) is 0 Å². The number of hydrogen-bond donors (Lipinski definition) is 2. The van der Waals surface area contributed by atoms with Crippen LogP contribution in [0.2, 0.25) is 0 Å². The predicted octanol–water partition coefficient (Wildman–Crippen LogP) is 2.32. The van der Waals surface area contributed by atoms with Gasteiger partial charge in [0.05, 0.1) is 17.9 Å². The summed E-state index contributed by atoms with van der Waals surface area (Å²) in [6, 6.07) is 8.11. The minimum Gasteiger partial charge on any atom is -0.481 e. The number of carboxylic acids is 1. The average molecular weight is 331 g/mol. The van der Waals surface area contributed by atoms with Gasteiger partial charge in [0.2, 0.25) is 5.91 Å². The first-order valence-electron chi connectivity index (χ1n) is 8.74. The molecule has 1 aromatic rings. The highest BCUT2D eigenvalue weighted by Crippen LogP contribution is 2.46. The first-order chi connectivity index (χ1) is 11.5. The van der Waals surface area contributed by atoms with Gasteiger partial charge >= 0.3 is 5.97 Å². The van der Waals surface area contributed by atoms with Crippen LogP contribution in [0.25, 0.3) is 0 Å². The fraction of sp³-hybridized carbons (Fsp3) is 0.579. The lowest BCUT2D eigenvalue weighted by molar-refractivity contribution is -0.182. The monoisotopic (exact) mass is 331 g/mol. The molecule has 2 aliphatic rings. The fourth-order valence-electron chi connectivity index (χ4n) is 3.97. The largest absolute Gasteiger partial charge is 0.481 e. The van der Waals surface area contributed by atoms with Gasteiger partial charge in [-0.1, -0.05) is 31.2 Å². The summed E-state index contributed by atoms with van der Waals surface area (Å²) < 4.78 is 5.83. The van der Waals surface area contributed by atoms with Gasteiger partial charge in [0.15, 0.2) is 0 Å². The molecule has 1 saturated heterocycles. The smallest absolute Gasteiger partial charge is 0.306 e. The molecule has 1 atom stereocenters. The number of benzene rings is 1. The molecule has 1 spiro atoms. The molecule has 1 aromatic carbocycles. The third-order valence-electron chi connectivity index (χ3n) is 5.29. The molecule has 0 bridgehead atoms. The number of carboxylic acid groups (broad SMARTS) is 1. The number of amides is 1. The Hall–Kier alpha value is -1.88. The fourth-order valence-corrected chi connectivity index (χ4v) is 3.97. The minimum atomic E-state index is -0.744. The quantitative estimate of drug-likeness (QED) is 0.868. The van der Waals surface area contributed by atoms with E-state index in [2.05, 4.69) is 18.3 Å². The van der Waals surface area contributed by atoms with E-state index in [1.165, 1.54) is 5.56 Å². The number of ether oxygens (including phenoxy) is 1. The topological polar surface area (TPSA) is 75.6 Å². The van der Waals surface area contributed by atoms with Crippen LogP contribution in [-0.4, -0.2) is 35.2 Å². The Morgan fingerprint density at radius 2 is 1.96 bits per heavy atom. The van der Waals surface area contributed by atoms with Crippen molar-refractivity contribution in [2.45, 2.75) is 57.1 Å². The Morgan fingerprint density at radius 1 is 1.25 bits per heavy atom. The first-order valence-corrected chi connectivity index (χ1v) is 8.74. The molecule has 1 aliphatic heterocycles. The molecule has 1 amide bonds. The third-order valence-corrected chi connectivity index (χ3v) is 5.29. The summed E-state index contributed by atoms with van der Waals surface area (Å²) in [5, 5.41) is 12.2. The maximum Gasteiger partial charge on any atom is 0.306 e. The summed E-state index contributed by atoms with van der Waals surface area (Å²) >= 11 is 0. The third kappa shape index (κ3) is 3.61. The van der Waals surface area contributed by atoms with Gasteiger partial charge in [0.25, 0.3) is 0 Å². The van der Waals surface area contributed by atoms with Crippen LogP contribution in [0.1, 0.15) is 43.7 Å². The Kier molecular flexibility index (Phi) is 4.90. The second kappa shape index (κ2) is 6.93. The van der Waals surface area contributed by atoms with Gasteiger partial charge in [-0.25, -0.2) is 0 Å². The molecule has 0 radical (unpaired) electrons. The highest BCUT2D eigenvalue weighted by molar-refractivity contribution is 5.79. The van der Waals surface area contributed by atoms with Gasteiger partial charge in [0.1, 0.15) is 0 Å². The van der Waals surface area contributed by atoms with E-state index in [4.69, 9.17) is 9.84 Å². The van der Waals surface area contributed by atoms with Crippen molar-refractivity contribution in [2.75, 3.05) is 6.61 Å². The first kappa shape index (κ1) is 17.0. The maximum atomic E-state index is 12.4. The molecule has 0 aromatic heterocycles. The Morgan fingerprint density at radius 3 is 2.62 bits per heavy atom.